The van der Waals surface area contributed by atoms with Crippen molar-refractivity contribution in [2.24, 2.45) is 0 Å². The van der Waals surface area contributed by atoms with Crippen molar-refractivity contribution in [1.82, 2.24) is 16.0 Å². The summed E-state index contributed by atoms with van der Waals surface area (Å²) in [6.07, 6.45) is -0.551. The van der Waals surface area contributed by atoms with Crippen LogP contribution >= 0.6 is 0 Å². The first-order chi connectivity index (χ1) is 12.4. The maximum Gasteiger partial charge on any atom is 0.305 e. The lowest BCUT2D eigenvalue weighted by Gasteiger charge is -2.20. The number of benzene rings is 1. The quantitative estimate of drug-likeness (QED) is 0.568. The molecule has 1 heterocycles. The number of ether oxygens (including phenoxy) is 1. The van der Waals surface area contributed by atoms with Crippen molar-refractivity contribution in [2.45, 2.75) is 31.8 Å². The van der Waals surface area contributed by atoms with Gasteiger partial charge in [0.15, 0.2) is 0 Å². The average Bonchev–Trinajstić information content (AvgIpc) is 2.58. The van der Waals surface area contributed by atoms with E-state index < -0.39 is 30.2 Å². The fourth-order valence-electron chi connectivity index (χ4n) is 2.43. The number of amides is 3. The number of carboxylic acids is 1. The van der Waals surface area contributed by atoms with E-state index in [2.05, 4.69) is 16.0 Å². The molecule has 0 radical (unpaired) electrons. The second kappa shape index (κ2) is 8.84. The molecule has 140 valence electrons. The summed E-state index contributed by atoms with van der Waals surface area (Å²) in [6.45, 7) is 1.94. The third-order valence-corrected chi connectivity index (χ3v) is 3.68. The lowest BCUT2D eigenvalue weighted by atomic mass is 10.1. The van der Waals surface area contributed by atoms with E-state index >= 15 is 0 Å². The summed E-state index contributed by atoms with van der Waals surface area (Å²) in [5, 5.41) is 16.6. The Balaban J connectivity index is 2.28. The molecule has 1 aromatic carbocycles. The molecule has 4 N–H and O–H groups in total. The Morgan fingerprint density at radius 2 is 1.96 bits per heavy atom. The van der Waals surface area contributed by atoms with Crippen molar-refractivity contribution in [3.8, 4) is 5.75 Å². The number of hydrogen-bond donors (Lipinski definition) is 4. The Hall–Kier alpha value is -3.10. The number of hydrogen-bond acceptors (Lipinski definition) is 5. The normalized spacial score (nSPS) is 22.0. The van der Waals surface area contributed by atoms with Gasteiger partial charge in [-0.05, 0) is 19.1 Å². The molecule has 0 saturated carbocycles. The zero-order chi connectivity index (χ0) is 19.1. The van der Waals surface area contributed by atoms with Crippen LogP contribution < -0.4 is 20.7 Å². The van der Waals surface area contributed by atoms with Crippen LogP contribution in [0.25, 0.3) is 0 Å². The Kier molecular flexibility index (Phi) is 6.54. The predicted molar refractivity (Wildman–Crippen MR) is 90.7 cm³/mol. The molecular weight excluding hydrogens is 342 g/mol. The van der Waals surface area contributed by atoms with Gasteiger partial charge in [0, 0.05) is 13.0 Å². The minimum absolute atomic E-state index is 0.0282. The molecule has 3 amide bonds. The van der Waals surface area contributed by atoms with Gasteiger partial charge in [-0.25, -0.2) is 0 Å². The molecule has 1 aliphatic rings. The topological polar surface area (TPSA) is 134 Å². The predicted octanol–water partition coefficient (Wildman–Crippen LogP) is -0.337. The highest BCUT2D eigenvalue weighted by Gasteiger charge is 2.26. The summed E-state index contributed by atoms with van der Waals surface area (Å²) in [5.41, 5.74) is 0.172. The first-order valence-electron chi connectivity index (χ1n) is 8.18. The monoisotopic (exact) mass is 363 g/mol. The highest BCUT2D eigenvalue weighted by molar-refractivity contribution is 6.00. The number of rotatable bonds is 2. The first kappa shape index (κ1) is 19.2. The van der Waals surface area contributed by atoms with Crippen molar-refractivity contribution in [2.75, 3.05) is 13.2 Å². The molecule has 2 rings (SSSR count). The molecule has 1 aromatic rings. The standard InChI is InChI=1S/C17H21N3O6/c1-10-9-26-13-5-3-2-4-11(13)16(24)20-12(8-15(22)23)17(25)18-7-6-14(21)19-10/h2-5,10,12H,6-9H2,1H3,(H,18,25)(H,19,21)(H,20,24)(H,22,23)/t10-,12-/m0/s1. The van der Waals surface area contributed by atoms with E-state index in [0.29, 0.717) is 0 Å². The van der Waals surface area contributed by atoms with Gasteiger partial charge >= 0.3 is 5.97 Å². The van der Waals surface area contributed by atoms with Gasteiger partial charge in [-0.15, -0.1) is 0 Å². The van der Waals surface area contributed by atoms with Crippen molar-refractivity contribution in [3.63, 3.8) is 0 Å². The van der Waals surface area contributed by atoms with Crippen LogP contribution in [0, 0.1) is 0 Å². The van der Waals surface area contributed by atoms with E-state index in [-0.39, 0.29) is 42.8 Å². The molecule has 9 heteroatoms. The van der Waals surface area contributed by atoms with Crippen LogP contribution in [0.15, 0.2) is 24.3 Å². The average molecular weight is 363 g/mol. The number of aliphatic carboxylic acids is 1. The van der Waals surface area contributed by atoms with Crippen molar-refractivity contribution in [1.29, 1.82) is 0 Å². The Bertz CT molecular complexity index is 705. The largest absolute Gasteiger partial charge is 0.491 e. The Morgan fingerprint density at radius 3 is 2.69 bits per heavy atom. The van der Waals surface area contributed by atoms with Crippen LogP contribution in [-0.4, -0.2) is 54.0 Å². The van der Waals surface area contributed by atoms with Crippen molar-refractivity contribution in [3.05, 3.63) is 29.8 Å². The van der Waals surface area contributed by atoms with Gasteiger partial charge in [0.1, 0.15) is 18.4 Å². The van der Waals surface area contributed by atoms with E-state index in [9.17, 15) is 19.2 Å². The molecule has 2 atom stereocenters. The molecule has 0 spiro atoms. The molecule has 1 aliphatic heterocycles. The van der Waals surface area contributed by atoms with E-state index in [4.69, 9.17) is 9.84 Å². The number of carbonyl (C=O) groups excluding carboxylic acids is 3. The lowest BCUT2D eigenvalue weighted by molar-refractivity contribution is -0.139. The third kappa shape index (κ3) is 5.47. The summed E-state index contributed by atoms with van der Waals surface area (Å²) in [7, 11) is 0. The smallest absolute Gasteiger partial charge is 0.305 e. The van der Waals surface area contributed by atoms with Gasteiger partial charge in [-0.2, -0.15) is 0 Å². The molecule has 0 saturated heterocycles. The van der Waals surface area contributed by atoms with Gasteiger partial charge < -0.3 is 25.8 Å². The summed E-state index contributed by atoms with van der Waals surface area (Å²) in [4.78, 5) is 47.6. The molecule has 9 nitrogen and oxygen atoms in total. The van der Waals surface area contributed by atoms with Crippen LogP contribution in [0.1, 0.15) is 30.1 Å². The number of carboxylic acid groups (broad SMARTS) is 1. The zero-order valence-electron chi connectivity index (χ0n) is 14.3. The highest BCUT2D eigenvalue weighted by Crippen LogP contribution is 2.18. The van der Waals surface area contributed by atoms with Crippen LogP contribution in [-0.2, 0) is 14.4 Å². The van der Waals surface area contributed by atoms with Gasteiger partial charge in [-0.3, -0.25) is 19.2 Å². The first-order valence-corrected chi connectivity index (χ1v) is 8.18. The van der Waals surface area contributed by atoms with Crippen LogP contribution in [0.3, 0.4) is 0 Å². The SMILES string of the molecule is C[C@H]1COc2ccccc2C(=O)N[C@@H](CC(=O)O)C(=O)NCCC(=O)N1. The fraction of sp³-hybridized carbons (Fsp3) is 0.412. The van der Waals surface area contributed by atoms with Gasteiger partial charge in [0.2, 0.25) is 11.8 Å². The fourth-order valence-corrected chi connectivity index (χ4v) is 2.43. The summed E-state index contributed by atoms with van der Waals surface area (Å²) < 4.78 is 5.61. The van der Waals surface area contributed by atoms with E-state index in [1.807, 2.05) is 0 Å². The van der Waals surface area contributed by atoms with Gasteiger partial charge in [0.25, 0.3) is 5.91 Å². The maximum atomic E-state index is 12.5. The highest BCUT2D eigenvalue weighted by atomic mass is 16.5. The van der Waals surface area contributed by atoms with Gasteiger partial charge in [0.05, 0.1) is 18.0 Å². The molecule has 0 fully saturated rings. The molecule has 0 aliphatic carbocycles. The zero-order valence-corrected chi connectivity index (χ0v) is 14.3. The number of nitrogens with one attached hydrogen (secondary N) is 3. The van der Waals surface area contributed by atoms with Crippen LogP contribution in [0.5, 0.6) is 5.75 Å². The van der Waals surface area contributed by atoms with Crippen LogP contribution in [0.2, 0.25) is 0 Å². The minimum Gasteiger partial charge on any atom is -0.491 e. The third-order valence-electron chi connectivity index (χ3n) is 3.68. The molecule has 26 heavy (non-hydrogen) atoms. The van der Waals surface area contributed by atoms with E-state index in [0.717, 1.165) is 0 Å². The molecule has 0 aromatic heterocycles. The van der Waals surface area contributed by atoms with E-state index in [1.54, 1.807) is 25.1 Å². The van der Waals surface area contributed by atoms with E-state index in [1.165, 1.54) is 6.07 Å². The maximum absolute atomic E-state index is 12.5. The summed E-state index contributed by atoms with van der Waals surface area (Å²) in [5.74, 6) is -2.52. The second-order valence-electron chi connectivity index (χ2n) is 5.94. The Morgan fingerprint density at radius 1 is 1.23 bits per heavy atom. The Labute approximate surface area is 150 Å². The number of fused-ring (bicyclic) bond motifs is 1. The number of carbonyl (C=O) groups is 4. The minimum atomic E-state index is -1.27. The summed E-state index contributed by atoms with van der Waals surface area (Å²) >= 11 is 0. The van der Waals surface area contributed by atoms with Crippen molar-refractivity contribution < 1.29 is 29.0 Å². The molecule has 0 unspecified atom stereocenters. The summed E-state index contributed by atoms with van der Waals surface area (Å²) in [6, 6.07) is 4.84. The van der Waals surface area contributed by atoms with Crippen LogP contribution in [0.4, 0.5) is 0 Å². The number of para-hydroxylation sites is 1. The molecule has 0 bridgehead atoms. The molecular formula is C17H21N3O6. The van der Waals surface area contributed by atoms with Crippen molar-refractivity contribution >= 4 is 23.7 Å². The second-order valence-corrected chi connectivity index (χ2v) is 5.94. The van der Waals surface area contributed by atoms with Gasteiger partial charge in [-0.1, -0.05) is 12.1 Å². The lowest BCUT2D eigenvalue weighted by Crippen LogP contribution is -2.49.